The van der Waals surface area contributed by atoms with E-state index in [0.29, 0.717) is 44.8 Å². The van der Waals surface area contributed by atoms with Crippen LogP contribution in [0.2, 0.25) is 0 Å². The number of rotatable bonds is 6. The quantitative estimate of drug-likeness (QED) is 0.821. The number of hydrogen-bond donors (Lipinski definition) is 1. The van der Waals surface area contributed by atoms with Gasteiger partial charge in [-0.05, 0) is 25.0 Å². The smallest absolute Gasteiger partial charge is 0.260 e. The zero-order valence-electron chi connectivity index (χ0n) is 13.8. The van der Waals surface area contributed by atoms with Crippen LogP contribution in [0.5, 0.6) is 5.75 Å². The minimum Gasteiger partial charge on any atom is -0.481 e. The Kier molecular flexibility index (Phi) is 5.47. The number of amides is 2. The summed E-state index contributed by atoms with van der Waals surface area (Å²) < 4.78 is 31.4. The second-order valence-electron chi connectivity index (χ2n) is 6.36. The second kappa shape index (κ2) is 7.77. The maximum atomic E-state index is 13.5. The Labute approximate surface area is 144 Å². The van der Waals surface area contributed by atoms with E-state index in [0.717, 1.165) is 25.0 Å². The molecule has 0 bridgehead atoms. The van der Waals surface area contributed by atoms with Crippen molar-refractivity contribution in [2.45, 2.75) is 18.9 Å². The molecule has 25 heavy (non-hydrogen) atoms. The minimum atomic E-state index is -0.834. The topological polar surface area (TPSA) is 61.9 Å². The van der Waals surface area contributed by atoms with E-state index in [9.17, 15) is 18.4 Å². The molecule has 1 saturated carbocycles. The van der Waals surface area contributed by atoms with E-state index in [2.05, 4.69) is 5.32 Å². The molecule has 2 amide bonds. The molecule has 0 radical (unpaired) electrons. The number of piperazine rings is 1. The number of halogens is 2. The fourth-order valence-corrected chi connectivity index (χ4v) is 2.68. The van der Waals surface area contributed by atoms with Crippen LogP contribution in [0.1, 0.15) is 12.8 Å². The van der Waals surface area contributed by atoms with Crippen LogP contribution < -0.4 is 10.1 Å². The van der Waals surface area contributed by atoms with E-state index in [1.54, 1.807) is 4.90 Å². The summed E-state index contributed by atoms with van der Waals surface area (Å²) in [6, 6.07) is 3.30. The maximum absolute atomic E-state index is 13.5. The van der Waals surface area contributed by atoms with Crippen molar-refractivity contribution in [1.82, 2.24) is 15.1 Å². The van der Waals surface area contributed by atoms with Crippen LogP contribution in [0, 0.1) is 11.6 Å². The molecular formula is C17H21F2N3O3. The molecule has 1 aromatic rings. The first-order valence-electron chi connectivity index (χ1n) is 8.38. The first kappa shape index (κ1) is 17.6. The molecule has 1 aliphatic heterocycles. The Hall–Kier alpha value is -2.22. The number of nitrogens with one attached hydrogen (secondary N) is 1. The van der Waals surface area contributed by atoms with E-state index in [1.165, 1.54) is 0 Å². The van der Waals surface area contributed by atoms with Gasteiger partial charge in [0.2, 0.25) is 5.91 Å². The van der Waals surface area contributed by atoms with Crippen molar-refractivity contribution in [1.29, 1.82) is 0 Å². The minimum absolute atomic E-state index is 0.0254. The molecular weight excluding hydrogens is 332 g/mol. The van der Waals surface area contributed by atoms with Crippen LogP contribution in [0.4, 0.5) is 8.78 Å². The number of carbonyl (C=O) groups is 2. The molecule has 1 saturated heterocycles. The Balaban J connectivity index is 1.39. The van der Waals surface area contributed by atoms with Crippen molar-refractivity contribution in [2.24, 2.45) is 0 Å². The predicted octanol–water partition coefficient (Wildman–Crippen LogP) is 0.766. The number of carbonyl (C=O) groups excluding carboxylic acids is 2. The zero-order valence-corrected chi connectivity index (χ0v) is 13.8. The van der Waals surface area contributed by atoms with Gasteiger partial charge in [0.05, 0.1) is 6.54 Å². The Morgan fingerprint density at radius 1 is 1.16 bits per heavy atom. The molecule has 0 unspecified atom stereocenters. The summed E-state index contributed by atoms with van der Waals surface area (Å²) in [5.74, 6) is -1.91. The van der Waals surface area contributed by atoms with E-state index in [4.69, 9.17) is 4.74 Å². The molecule has 1 heterocycles. The lowest BCUT2D eigenvalue weighted by molar-refractivity contribution is -0.135. The van der Waals surface area contributed by atoms with E-state index in [1.807, 2.05) is 4.90 Å². The van der Waals surface area contributed by atoms with Crippen molar-refractivity contribution >= 4 is 11.8 Å². The molecule has 0 aromatic heterocycles. The highest BCUT2D eigenvalue weighted by Crippen LogP contribution is 2.19. The van der Waals surface area contributed by atoms with Crippen LogP contribution >= 0.6 is 0 Å². The highest BCUT2D eigenvalue weighted by Gasteiger charge is 2.26. The van der Waals surface area contributed by atoms with Gasteiger partial charge in [0.15, 0.2) is 18.2 Å². The first-order valence-corrected chi connectivity index (χ1v) is 8.38. The highest BCUT2D eigenvalue weighted by molar-refractivity contribution is 5.79. The Bertz CT molecular complexity index is 644. The van der Waals surface area contributed by atoms with E-state index >= 15 is 0 Å². The number of nitrogens with zero attached hydrogens (tertiary/aromatic N) is 2. The van der Waals surface area contributed by atoms with Gasteiger partial charge in [0.25, 0.3) is 5.91 Å². The van der Waals surface area contributed by atoms with Gasteiger partial charge >= 0.3 is 0 Å². The molecule has 6 nitrogen and oxygen atoms in total. The summed E-state index contributed by atoms with van der Waals surface area (Å²) in [7, 11) is 0. The van der Waals surface area contributed by atoms with Crippen molar-refractivity contribution < 1.29 is 23.1 Å². The van der Waals surface area contributed by atoms with Gasteiger partial charge in [-0.3, -0.25) is 14.5 Å². The summed E-state index contributed by atoms with van der Waals surface area (Å²) in [6.07, 6.45) is 2.12. The Morgan fingerprint density at radius 3 is 2.52 bits per heavy atom. The SMILES string of the molecule is O=C(CN1CCN(C(=O)COc2ccc(F)cc2F)CC1)NC1CC1. The molecule has 1 aliphatic carbocycles. The summed E-state index contributed by atoms with van der Waals surface area (Å²) in [4.78, 5) is 27.5. The van der Waals surface area contributed by atoms with Gasteiger partial charge in [-0.1, -0.05) is 0 Å². The molecule has 3 rings (SSSR count). The highest BCUT2D eigenvalue weighted by atomic mass is 19.1. The largest absolute Gasteiger partial charge is 0.481 e. The van der Waals surface area contributed by atoms with Gasteiger partial charge < -0.3 is 15.0 Å². The lowest BCUT2D eigenvalue weighted by atomic mass is 10.3. The van der Waals surface area contributed by atoms with Gasteiger partial charge in [-0.2, -0.15) is 0 Å². The number of benzene rings is 1. The van der Waals surface area contributed by atoms with Gasteiger partial charge in [-0.25, -0.2) is 8.78 Å². The molecule has 8 heteroatoms. The average Bonchev–Trinajstić information content (AvgIpc) is 3.38. The standard InChI is InChI=1S/C17H21F2N3O3/c18-12-1-4-15(14(19)9-12)25-11-17(24)22-7-5-21(6-8-22)10-16(23)20-13-2-3-13/h1,4,9,13H,2-3,5-8,10-11H2,(H,20,23). The second-order valence-corrected chi connectivity index (χ2v) is 6.36. The summed E-state index contributed by atoms with van der Waals surface area (Å²) in [6.45, 7) is 2.24. The monoisotopic (exact) mass is 353 g/mol. The number of ether oxygens (including phenoxy) is 1. The van der Waals surface area contributed by atoms with Gasteiger partial charge in [0.1, 0.15) is 5.82 Å². The maximum Gasteiger partial charge on any atom is 0.260 e. The van der Waals surface area contributed by atoms with Crippen LogP contribution in [-0.4, -0.2) is 67.0 Å². The lowest BCUT2D eigenvalue weighted by Gasteiger charge is -2.34. The molecule has 0 spiro atoms. The van der Waals surface area contributed by atoms with Crippen molar-refractivity contribution in [2.75, 3.05) is 39.3 Å². The van der Waals surface area contributed by atoms with Crippen molar-refractivity contribution in [3.05, 3.63) is 29.8 Å². The van der Waals surface area contributed by atoms with Crippen LogP contribution in [0.3, 0.4) is 0 Å². The fraction of sp³-hybridized carbons (Fsp3) is 0.529. The van der Waals surface area contributed by atoms with Gasteiger partial charge in [-0.15, -0.1) is 0 Å². The molecule has 2 fully saturated rings. The van der Waals surface area contributed by atoms with Crippen LogP contribution in [-0.2, 0) is 9.59 Å². The number of hydrogen-bond acceptors (Lipinski definition) is 4. The summed E-state index contributed by atoms with van der Waals surface area (Å²) in [5.41, 5.74) is 0. The lowest BCUT2D eigenvalue weighted by Crippen LogP contribution is -2.52. The summed E-state index contributed by atoms with van der Waals surface area (Å²) in [5, 5.41) is 2.94. The normalized spacial score (nSPS) is 18.1. The average molecular weight is 353 g/mol. The van der Waals surface area contributed by atoms with E-state index in [-0.39, 0.29) is 24.2 Å². The molecule has 1 aromatic carbocycles. The summed E-state index contributed by atoms with van der Waals surface area (Å²) >= 11 is 0. The third-order valence-electron chi connectivity index (χ3n) is 4.28. The first-order chi connectivity index (χ1) is 12.0. The van der Waals surface area contributed by atoms with Gasteiger partial charge in [0, 0.05) is 38.3 Å². The van der Waals surface area contributed by atoms with Crippen LogP contribution in [0.15, 0.2) is 18.2 Å². The van der Waals surface area contributed by atoms with Crippen LogP contribution in [0.25, 0.3) is 0 Å². The third kappa shape index (κ3) is 5.12. The molecule has 136 valence electrons. The van der Waals surface area contributed by atoms with E-state index < -0.39 is 11.6 Å². The molecule has 2 aliphatic rings. The molecule has 0 atom stereocenters. The fourth-order valence-electron chi connectivity index (χ4n) is 2.68. The third-order valence-corrected chi connectivity index (χ3v) is 4.28. The Morgan fingerprint density at radius 2 is 1.88 bits per heavy atom. The zero-order chi connectivity index (χ0) is 17.8. The predicted molar refractivity (Wildman–Crippen MR) is 86.0 cm³/mol. The molecule has 1 N–H and O–H groups in total. The van der Waals surface area contributed by atoms with Crippen molar-refractivity contribution in [3.8, 4) is 5.75 Å². The van der Waals surface area contributed by atoms with Crippen molar-refractivity contribution in [3.63, 3.8) is 0 Å².